The first-order valence-electron chi connectivity index (χ1n) is 8.84. The SMILES string of the molecule is CC(C)c1ccc(N2CCN(CCOC3CC(O)C3)CC2)nc1. The third-order valence-electron chi connectivity index (χ3n) is 4.96. The van der Waals surface area contributed by atoms with Crippen LogP contribution in [-0.2, 0) is 4.74 Å². The molecule has 0 bridgehead atoms. The van der Waals surface area contributed by atoms with E-state index in [9.17, 15) is 5.11 Å². The summed E-state index contributed by atoms with van der Waals surface area (Å²) in [5.74, 6) is 1.62. The van der Waals surface area contributed by atoms with Crippen molar-refractivity contribution in [3.05, 3.63) is 23.9 Å². The molecule has 2 aliphatic rings. The van der Waals surface area contributed by atoms with Crippen LogP contribution in [0.4, 0.5) is 5.82 Å². The van der Waals surface area contributed by atoms with E-state index in [0.29, 0.717) is 5.92 Å². The third kappa shape index (κ3) is 4.43. The summed E-state index contributed by atoms with van der Waals surface area (Å²) in [5, 5.41) is 9.25. The molecule has 1 aromatic rings. The Kier molecular flexibility index (Phi) is 5.51. The molecule has 0 spiro atoms. The van der Waals surface area contributed by atoms with E-state index >= 15 is 0 Å². The van der Waals surface area contributed by atoms with Crippen molar-refractivity contribution in [2.24, 2.45) is 0 Å². The number of piperazine rings is 1. The predicted molar refractivity (Wildman–Crippen MR) is 92.0 cm³/mol. The maximum Gasteiger partial charge on any atom is 0.128 e. The van der Waals surface area contributed by atoms with E-state index < -0.39 is 0 Å². The van der Waals surface area contributed by atoms with Crippen LogP contribution in [0.2, 0.25) is 0 Å². The molecule has 128 valence electrons. The number of aromatic nitrogens is 1. The number of pyridine rings is 1. The lowest BCUT2D eigenvalue weighted by atomic mass is 9.92. The number of hydrogen-bond donors (Lipinski definition) is 1. The topological polar surface area (TPSA) is 48.8 Å². The van der Waals surface area contributed by atoms with Gasteiger partial charge in [0.05, 0.1) is 18.8 Å². The van der Waals surface area contributed by atoms with Gasteiger partial charge in [-0.1, -0.05) is 19.9 Å². The van der Waals surface area contributed by atoms with Crippen LogP contribution in [0.5, 0.6) is 0 Å². The van der Waals surface area contributed by atoms with E-state index in [1.807, 2.05) is 6.20 Å². The molecular weight excluding hydrogens is 290 g/mol. The van der Waals surface area contributed by atoms with Gasteiger partial charge in [-0.05, 0) is 30.4 Å². The first kappa shape index (κ1) is 16.7. The average Bonchev–Trinajstić information content (AvgIpc) is 2.54. The van der Waals surface area contributed by atoms with Crippen LogP contribution >= 0.6 is 0 Å². The fourth-order valence-electron chi connectivity index (χ4n) is 3.15. The number of ether oxygens (including phenoxy) is 1. The van der Waals surface area contributed by atoms with Crippen molar-refractivity contribution in [2.45, 2.75) is 44.8 Å². The van der Waals surface area contributed by atoms with Gasteiger partial charge >= 0.3 is 0 Å². The quantitative estimate of drug-likeness (QED) is 0.867. The van der Waals surface area contributed by atoms with Gasteiger partial charge in [0.2, 0.25) is 0 Å². The Morgan fingerprint density at radius 2 is 1.96 bits per heavy atom. The van der Waals surface area contributed by atoms with Crippen molar-refractivity contribution in [2.75, 3.05) is 44.2 Å². The maximum atomic E-state index is 9.25. The molecular formula is C18H29N3O2. The summed E-state index contributed by atoms with van der Waals surface area (Å²) in [6.07, 6.45) is 3.79. The van der Waals surface area contributed by atoms with Crippen molar-refractivity contribution >= 4 is 5.82 Å². The molecule has 2 heterocycles. The molecule has 1 aromatic heterocycles. The number of nitrogens with zero attached hydrogens (tertiary/aromatic N) is 3. The van der Waals surface area contributed by atoms with Gasteiger partial charge in [0.15, 0.2) is 0 Å². The van der Waals surface area contributed by atoms with Gasteiger partial charge in [0.1, 0.15) is 5.82 Å². The normalized spacial score (nSPS) is 25.7. The second-order valence-corrected chi connectivity index (χ2v) is 7.05. The zero-order valence-electron chi connectivity index (χ0n) is 14.3. The minimum atomic E-state index is -0.127. The van der Waals surface area contributed by atoms with Gasteiger partial charge in [0.25, 0.3) is 0 Å². The zero-order chi connectivity index (χ0) is 16.2. The number of aliphatic hydroxyl groups excluding tert-OH is 1. The summed E-state index contributed by atoms with van der Waals surface area (Å²) in [4.78, 5) is 9.44. The van der Waals surface area contributed by atoms with Gasteiger partial charge in [-0.25, -0.2) is 4.98 Å². The summed E-state index contributed by atoms with van der Waals surface area (Å²) in [6, 6.07) is 4.34. The monoisotopic (exact) mass is 319 g/mol. The lowest BCUT2D eigenvalue weighted by molar-refractivity contribution is -0.0746. The minimum Gasteiger partial charge on any atom is -0.393 e. The van der Waals surface area contributed by atoms with E-state index in [-0.39, 0.29) is 12.2 Å². The Balaban J connectivity index is 1.38. The van der Waals surface area contributed by atoms with Crippen molar-refractivity contribution in [1.29, 1.82) is 0 Å². The second kappa shape index (κ2) is 7.60. The molecule has 1 saturated heterocycles. The Morgan fingerprint density at radius 1 is 1.22 bits per heavy atom. The minimum absolute atomic E-state index is 0.127. The Labute approximate surface area is 139 Å². The van der Waals surface area contributed by atoms with Gasteiger partial charge in [-0.3, -0.25) is 4.90 Å². The molecule has 1 aliphatic carbocycles. The molecule has 1 aliphatic heterocycles. The van der Waals surface area contributed by atoms with Crippen LogP contribution in [0, 0.1) is 0 Å². The molecule has 1 saturated carbocycles. The standard InChI is InChI=1S/C18H29N3O2/c1-14(2)15-3-4-18(19-13-15)21-7-5-20(6-8-21)9-10-23-17-11-16(22)12-17/h3-4,13-14,16-17,22H,5-12H2,1-2H3. The Hall–Kier alpha value is -1.17. The molecule has 0 unspecified atom stereocenters. The highest BCUT2D eigenvalue weighted by Crippen LogP contribution is 2.23. The van der Waals surface area contributed by atoms with Crippen LogP contribution in [0.1, 0.15) is 38.2 Å². The summed E-state index contributed by atoms with van der Waals surface area (Å²) in [7, 11) is 0. The van der Waals surface area contributed by atoms with E-state index in [0.717, 1.165) is 58.0 Å². The summed E-state index contributed by atoms with van der Waals surface area (Å²) < 4.78 is 5.77. The van der Waals surface area contributed by atoms with Crippen LogP contribution in [0.3, 0.4) is 0 Å². The van der Waals surface area contributed by atoms with E-state index in [1.54, 1.807) is 0 Å². The highest BCUT2D eigenvalue weighted by Gasteiger charge is 2.28. The summed E-state index contributed by atoms with van der Waals surface area (Å²) in [6.45, 7) is 10.3. The molecule has 23 heavy (non-hydrogen) atoms. The van der Waals surface area contributed by atoms with Gasteiger partial charge in [-0.15, -0.1) is 0 Å². The first-order valence-corrected chi connectivity index (χ1v) is 8.84. The molecule has 0 radical (unpaired) electrons. The lowest BCUT2D eigenvalue weighted by Gasteiger charge is -2.36. The molecule has 3 rings (SSSR count). The molecule has 5 nitrogen and oxygen atoms in total. The van der Waals surface area contributed by atoms with Crippen LogP contribution < -0.4 is 4.90 Å². The van der Waals surface area contributed by atoms with Crippen LogP contribution in [0.25, 0.3) is 0 Å². The van der Waals surface area contributed by atoms with E-state index in [1.165, 1.54) is 5.56 Å². The predicted octanol–water partition coefficient (Wildman–Crippen LogP) is 1.87. The lowest BCUT2D eigenvalue weighted by Crippen LogP contribution is -2.48. The Bertz CT molecular complexity index is 478. The summed E-state index contributed by atoms with van der Waals surface area (Å²) in [5.41, 5.74) is 1.30. The highest BCUT2D eigenvalue weighted by atomic mass is 16.5. The number of aliphatic hydroxyl groups is 1. The third-order valence-corrected chi connectivity index (χ3v) is 4.96. The molecule has 1 N–H and O–H groups in total. The zero-order valence-corrected chi connectivity index (χ0v) is 14.3. The maximum absolute atomic E-state index is 9.25. The number of rotatable bonds is 6. The fourth-order valence-corrected chi connectivity index (χ4v) is 3.15. The van der Waals surface area contributed by atoms with Crippen molar-refractivity contribution in [1.82, 2.24) is 9.88 Å². The van der Waals surface area contributed by atoms with Crippen LogP contribution in [-0.4, -0.2) is 66.5 Å². The van der Waals surface area contributed by atoms with Crippen molar-refractivity contribution in [3.63, 3.8) is 0 Å². The van der Waals surface area contributed by atoms with E-state index in [2.05, 4.69) is 40.8 Å². The largest absolute Gasteiger partial charge is 0.393 e. The van der Waals surface area contributed by atoms with E-state index in [4.69, 9.17) is 4.74 Å². The van der Waals surface area contributed by atoms with Gasteiger partial charge < -0.3 is 14.7 Å². The highest BCUT2D eigenvalue weighted by molar-refractivity contribution is 5.40. The summed E-state index contributed by atoms with van der Waals surface area (Å²) >= 11 is 0. The number of hydrogen-bond acceptors (Lipinski definition) is 5. The fraction of sp³-hybridized carbons (Fsp3) is 0.722. The smallest absolute Gasteiger partial charge is 0.128 e. The van der Waals surface area contributed by atoms with Crippen molar-refractivity contribution < 1.29 is 9.84 Å². The number of anilines is 1. The molecule has 5 heteroatoms. The molecule has 0 atom stereocenters. The average molecular weight is 319 g/mol. The van der Waals surface area contributed by atoms with Crippen LogP contribution in [0.15, 0.2) is 18.3 Å². The van der Waals surface area contributed by atoms with Gasteiger partial charge in [-0.2, -0.15) is 0 Å². The molecule has 0 aromatic carbocycles. The Morgan fingerprint density at radius 3 is 2.52 bits per heavy atom. The van der Waals surface area contributed by atoms with Crippen molar-refractivity contribution in [3.8, 4) is 0 Å². The van der Waals surface area contributed by atoms with Gasteiger partial charge in [0, 0.05) is 38.9 Å². The second-order valence-electron chi connectivity index (χ2n) is 7.05. The molecule has 2 fully saturated rings. The molecule has 0 amide bonds. The first-order chi connectivity index (χ1) is 11.1.